The molecule has 0 aliphatic carbocycles. The maximum Gasteiger partial charge on any atom is 0.0328 e. The average Bonchev–Trinajstić information content (AvgIpc) is 2.25. The Balaban J connectivity index is 2.51. The molecule has 0 radical (unpaired) electrons. The van der Waals surface area contributed by atoms with Gasteiger partial charge in [-0.1, -0.05) is 22.9 Å². The summed E-state index contributed by atoms with van der Waals surface area (Å²) in [6.07, 6.45) is 1.20. The van der Waals surface area contributed by atoms with E-state index in [4.69, 9.17) is 5.73 Å². The first-order valence-electron chi connectivity index (χ1n) is 6.43. The number of anilines is 1. The first kappa shape index (κ1) is 15.5. The molecule has 18 heavy (non-hydrogen) atoms. The third-order valence-electron chi connectivity index (χ3n) is 2.91. The quantitative estimate of drug-likeness (QED) is 0.786. The molecule has 0 bridgehead atoms. The van der Waals surface area contributed by atoms with Crippen molar-refractivity contribution >= 4 is 21.6 Å². The predicted octanol–water partition coefficient (Wildman–Crippen LogP) is 2.80. The van der Waals surface area contributed by atoms with Crippen LogP contribution in [0.2, 0.25) is 0 Å². The minimum Gasteiger partial charge on any atom is -0.399 e. The van der Waals surface area contributed by atoms with E-state index < -0.39 is 0 Å². The lowest BCUT2D eigenvalue weighted by Gasteiger charge is -2.21. The van der Waals surface area contributed by atoms with Crippen LogP contribution in [-0.4, -0.2) is 43.5 Å². The van der Waals surface area contributed by atoms with Gasteiger partial charge in [-0.3, -0.25) is 4.90 Å². The maximum absolute atomic E-state index is 5.86. The van der Waals surface area contributed by atoms with Gasteiger partial charge < -0.3 is 10.6 Å². The van der Waals surface area contributed by atoms with E-state index in [1.807, 2.05) is 6.07 Å². The number of halogens is 1. The van der Waals surface area contributed by atoms with Crippen LogP contribution >= 0.6 is 15.9 Å². The molecule has 0 heterocycles. The number of nitrogen functional groups attached to an aromatic ring is 1. The first-order valence-corrected chi connectivity index (χ1v) is 7.22. The highest BCUT2D eigenvalue weighted by atomic mass is 79.9. The van der Waals surface area contributed by atoms with Gasteiger partial charge in [0.1, 0.15) is 0 Å². The Bertz CT molecular complexity index is 346. The molecule has 102 valence electrons. The molecule has 0 aliphatic heterocycles. The average molecular weight is 314 g/mol. The Morgan fingerprint density at radius 2 is 1.89 bits per heavy atom. The summed E-state index contributed by atoms with van der Waals surface area (Å²) in [6.45, 7) is 6.50. The highest BCUT2D eigenvalue weighted by molar-refractivity contribution is 9.10. The van der Waals surface area contributed by atoms with E-state index in [0.29, 0.717) is 0 Å². The molecule has 0 amide bonds. The van der Waals surface area contributed by atoms with E-state index in [1.165, 1.54) is 12.0 Å². The van der Waals surface area contributed by atoms with Gasteiger partial charge in [-0.05, 0) is 63.9 Å². The zero-order valence-electron chi connectivity index (χ0n) is 11.6. The first-order chi connectivity index (χ1) is 8.51. The molecule has 0 unspecified atom stereocenters. The van der Waals surface area contributed by atoms with Gasteiger partial charge >= 0.3 is 0 Å². The van der Waals surface area contributed by atoms with Crippen molar-refractivity contribution in [1.29, 1.82) is 0 Å². The van der Waals surface area contributed by atoms with E-state index in [9.17, 15) is 0 Å². The molecule has 4 heteroatoms. The Hall–Kier alpha value is -0.580. The molecule has 3 nitrogen and oxygen atoms in total. The second kappa shape index (κ2) is 7.77. The molecule has 0 atom stereocenters. The lowest BCUT2D eigenvalue weighted by atomic mass is 10.2. The lowest BCUT2D eigenvalue weighted by molar-refractivity contribution is 0.259. The van der Waals surface area contributed by atoms with Crippen LogP contribution in [0.3, 0.4) is 0 Å². The number of hydrogen-bond acceptors (Lipinski definition) is 3. The monoisotopic (exact) mass is 313 g/mol. The van der Waals surface area contributed by atoms with Crippen molar-refractivity contribution in [2.75, 3.05) is 39.5 Å². The molecule has 1 rings (SSSR count). The normalized spacial score (nSPS) is 11.4. The topological polar surface area (TPSA) is 32.5 Å². The van der Waals surface area contributed by atoms with Crippen LogP contribution in [0.5, 0.6) is 0 Å². The van der Waals surface area contributed by atoms with Crippen molar-refractivity contribution in [1.82, 2.24) is 9.80 Å². The van der Waals surface area contributed by atoms with Gasteiger partial charge in [-0.25, -0.2) is 0 Å². The SMILES string of the molecule is CCN(CCCN(C)C)Cc1cc(N)cc(Br)c1. The van der Waals surface area contributed by atoms with Crippen LogP contribution in [0.4, 0.5) is 5.69 Å². The Kier molecular flexibility index (Phi) is 6.68. The second-order valence-electron chi connectivity index (χ2n) is 4.92. The van der Waals surface area contributed by atoms with Gasteiger partial charge in [-0.2, -0.15) is 0 Å². The summed E-state index contributed by atoms with van der Waals surface area (Å²) in [5.74, 6) is 0. The molecule has 1 aromatic carbocycles. The number of benzene rings is 1. The molecular formula is C14H24BrN3. The van der Waals surface area contributed by atoms with Crippen molar-refractivity contribution < 1.29 is 0 Å². The van der Waals surface area contributed by atoms with Gasteiger partial charge in [0, 0.05) is 16.7 Å². The molecule has 0 fully saturated rings. The van der Waals surface area contributed by atoms with E-state index >= 15 is 0 Å². The fraction of sp³-hybridized carbons (Fsp3) is 0.571. The van der Waals surface area contributed by atoms with Gasteiger partial charge in [0.2, 0.25) is 0 Å². The zero-order chi connectivity index (χ0) is 13.5. The largest absolute Gasteiger partial charge is 0.399 e. The standard InChI is InChI=1S/C14H24BrN3/c1-4-18(7-5-6-17(2)3)11-12-8-13(15)10-14(16)9-12/h8-10H,4-7,11,16H2,1-3H3. The molecular weight excluding hydrogens is 290 g/mol. The molecule has 0 aliphatic rings. The Morgan fingerprint density at radius 1 is 1.17 bits per heavy atom. The van der Waals surface area contributed by atoms with Crippen LogP contribution < -0.4 is 5.73 Å². The minimum atomic E-state index is 0.823. The summed E-state index contributed by atoms with van der Waals surface area (Å²) in [5, 5.41) is 0. The van der Waals surface area contributed by atoms with Gasteiger partial charge in [0.25, 0.3) is 0 Å². The predicted molar refractivity (Wildman–Crippen MR) is 82.7 cm³/mol. The summed E-state index contributed by atoms with van der Waals surface area (Å²) in [7, 11) is 4.23. The lowest BCUT2D eigenvalue weighted by Crippen LogP contribution is -2.26. The molecule has 0 saturated heterocycles. The summed E-state index contributed by atoms with van der Waals surface area (Å²) < 4.78 is 1.06. The smallest absolute Gasteiger partial charge is 0.0328 e. The van der Waals surface area contributed by atoms with E-state index in [0.717, 1.165) is 36.3 Å². The number of nitrogens with zero attached hydrogens (tertiary/aromatic N) is 2. The van der Waals surface area contributed by atoms with E-state index in [1.54, 1.807) is 0 Å². The molecule has 0 spiro atoms. The number of rotatable bonds is 7. The van der Waals surface area contributed by atoms with Gasteiger partial charge in [-0.15, -0.1) is 0 Å². The van der Waals surface area contributed by atoms with Crippen molar-refractivity contribution in [3.8, 4) is 0 Å². The van der Waals surface area contributed by atoms with Crippen LogP contribution in [0, 0.1) is 0 Å². The third-order valence-corrected chi connectivity index (χ3v) is 3.37. The summed E-state index contributed by atoms with van der Waals surface area (Å²) in [6, 6.07) is 6.14. The fourth-order valence-electron chi connectivity index (χ4n) is 1.98. The molecule has 0 saturated carbocycles. The third kappa shape index (κ3) is 5.85. The summed E-state index contributed by atoms with van der Waals surface area (Å²) >= 11 is 3.49. The van der Waals surface area contributed by atoms with Gasteiger partial charge in [0.05, 0.1) is 0 Å². The van der Waals surface area contributed by atoms with Crippen molar-refractivity contribution in [2.45, 2.75) is 19.9 Å². The van der Waals surface area contributed by atoms with Crippen LogP contribution in [0.1, 0.15) is 18.9 Å². The molecule has 0 aromatic heterocycles. The van der Waals surface area contributed by atoms with E-state index in [2.05, 4.69) is 58.9 Å². The highest BCUT2D eigenvalue weighted by Gasteiger charge is 2.05. The van der Waals surface area contributed by atoms with Gasteiger partial charge in [0.15, 0.2) is 0 Å². The summed E-state index contributed by atoms with van der Waals surface area (Å²) in [5.41, 5.74) is 7.96. The Labute approximate surface area is 119 Å². The number of hydrogen-bond donors (Lipinski definition) is 1. The summed E-state index contributed by atoms with van der Waals surface area (Å²) in [4.78, 5) is 4.68. The molecule has 2 N–H and O–H groups in total. The van der Waals surface area contributed by atoms with Crippen LogP contribution in [0.25, 0.3) is 0 Å². The van der Waals surface area contributed by atoms with Crippen molar-refractivity contribution in [3.63, 3.8) is 0 Å². The Morgan fingerprint density at radius 3 is 2.44 bits per heavy atom. The van der Waals surface area contributed by atoms with Crippen LogP contribution in [0.15, 0.2) is 22.7 Å². The number of nitrogens with two attached hydrogens (primary N) is 1. The zero-order valence-corrected chi connectivity index (χ0v) is 13.2. The minimum absolute atomic E-state index is 0.823. The maximum atomic E-state index is 5.86. The van der Waals surface area contributed by atoms with E-state index in [-0.39, 0.29) is 0 Å². The molecule has 1 aromatic rings. The van der Waals surface area contributed by atoms with Crippen LogP contribution in [-0.2, 0) is 6.54 Å². The second-order valence-corrected chi connectivity index (χ2v) is 5.83. The highest BCUT2D eigenvalue weighted by Crippen LogP contribution is 2.18. The van der Waals surface area contributed by atoms with Crippen molar-refractivity contribution in [3.05, 3.63) is 28.2 Å². The fourth-order valence-corrected chi connectivity index (χ4v) is 2.54. The van der Waals surface area contributed by atoms with Crippen molar-refractivity contribution in [2.24, 2.45) is 0 Å².